The highest BCUT2D eigenvalue weighted by Gasteiger charge is 2.29. The summed E-state index contributed by atoms with van der Waals surface area (Å²) in [5.41, 5.74) is 0.868. The molecular formula is C15H17FN2O2. The van der Waals surface area contributed by atoms with Crippen LogP contribution in [-0.2, 0) is 16.1 Å². The lowest BCUT2D eigenvalue weighted by Crippen LogP contribution is -2.44. The fraction of sp³-hybridized carbons (Fsp3) is 0.467. The Kier molecular flexibility index (Phi) is 4.70. The number of hydrogen-bond acceptors (Lipinski definition) is 4. The molecule has 5 heteroatoms. The molecule has 1 unspecified atom stereocenters. The van der Waals surface area contributed by atoms with Gasteiger partial charge >= 0.3 is 5.97 Å². The number of nitriles is 1. The Labute approximate surface area is 117 Å². The standard InChI is InChI=1S/C15H17FN2O2/c1-20-15(19)14-4-2-3-7-18(14)10-12-8-11(9-17)5-6-13(12)16/h5-6,8,14H,2-4,7,10H2,1H3. The Morgan fingerprint density at radius 3 is 3.05 bits per heavy atom. The van der Waals surface area contributed by atoms with Crippen molar-refractivity contribution in [2.24, 2.45) is 0 Å². The van der Waals surface area contributed by atoms with E-state index < -0.39 is 0 Å². The van der Waals surface area contributed by atoms with Crippen molar-refractivity contribution in [2.75, 3.05) is 13.7 Å². The van der Waals surface area contributed by atoms with E-state index in [0.717, 1.165) is 25.8 Å². The molecule has 0 saturated carbocycles. The minimum atomic E-state index is -0.349. The number of esters is 1. The molecule has 1 aromatic carbocycles. The maximum atomic E-state index is 13.8. The highest BCUT2D eigenvalue weighted by atomic mass is 19.1. The van der Waals surface area contributed by atoms with Gasteiger partial charge in [0.1, 0.15) is 11.9 Å². The van der Waals surface area contributed by atoms with Gasteiger partial charge in [0.05, 0.1) is 18.7 Å². The number of halogens is 1. The number of ether oxygens (including phenoxy) is 1. The number of carbonyl (C=O) groups is 1. The molecule has 0 amide bonds. The van der Waals surface area contributed by atoms with Crippen molar-refractivity contribution in [3.05, 3.63) is 35.1 Å². The van der Waals surface area contributed by atoms with Gasteiger partial charge in [-0.15, -0.1) is 0 Å². The average molecular weight is 276 g/mol. The first-order valence-electron chi connectivity index (χ1n) is 6.66. The number of nitrogens with zero attached hydrogens (tertiary/aromatic N) is 2. The quantitative estimate of drug-likeness (QED) is 0.794. The van der Waals surface area contributed by atoms with E-state index in [-0.39, 0.29) is 17.8 Å². The summed E-state index contributed by atoms with van der Waals surface area (Å²) >= 11 is 0. The Bertz CT molecular complexity index is 539. The third kappa shape index (κ3) is 3.14. The monoisotopic (exact) mass is 276 g/mol. The maximum Gasteiger partial charge on any atom is 0.323 e. The Balaban J connectivity index is 2.18. The zero-order valence-corrected chi connectivity index (χ0v) is 11.4. The van der Waals surface area contributed by atoms with Gasteiger partial charge in [0.15, 0.2) is 0 Å². The van der Waals surface area contributed by atoms with Crippen LogP contribution in [0.1, 0.15) is 30.4 Å². The molecule has 0 radical (unpaired) electrons. The number of rotatable bonds is 3. The van der Waals surface area contributed by atoms with Gasteiger partial charge in [-0.3, -0.25) is 9.69 Å². The van der Waals surface area contributed by atoms with Gasteiger partial charge < -0.3 is 4.74 Å². The van der Waals surface area contributed by atoms with Crippen LogP contribution in [-0.4, -0.2) is 30.6 Å². The summed E-state index contributed by atoms with van der Waals surface area (Å²) in [6.45, 7) is 1.05. The smallest absolute Gasteiger partial charge is 0.323 e. The number of carbonyl (C=O) groups excluding carboxylic acids is 1. The third-order valence-electron chi connectivity index (χ3n) is 3.64. The van der Waals surface area contributed by atoms with Gasteiger partial charge in [-0.2, -0.15) is 5.26 Å². The SMILES string of the molecule is COC(=O)C1CCCCN1Cc1cc(C#N)ccc1F. The summed E-state index contributed by atoms with van der Waals surface area (Å²) in [5.74, 6) is -0.625. The highest BCUT2D eigenvalue weighted by molar-refractivity contribution is 5.75. The van der Waals surface area contributed by atoms with Gasteiger partial charge in [0, 0.05) is 12.1 Å². The molecule has 0 bridgehead atoms. The second-order valence-electron chi connectivity index (χ2n) is 4.92. The van der Waals surface area contributed by atoms with Crippen molar-refractivity contribution < 1.29 is 13.9 Å². The predicted octanol–water partition coefficient (Wildman–Crippen LogP) is 2.22. The minimum absolute atomic E-state index is 0.276. The second-order valence-corrected chi connectivity index (χ2v) is 4.92. The van der Waals surface area contributed by atoms with Gasteiger partial charge in [-0.1, -0.05) is 6.42 Å². The Morgan fingerprint density at radius 2 is 2.35 bits per heavy atom. The summed E-state index contributed by atoms with van der Waals surface area (Å²) < 4.78 is 18.6. The van der Waals surface area contributed by atoms with Crippen LogP contribution in [0.4, 0.5) is 4.39 Å². The van der Waals surface area contributed by atoms with E-state index in [0.29, 0.717) is 17.7 Å². The van der Waals surface area contributed by atoms with Crippen LogP contribution >= 0.6 is 0 Å². The number of methoxy groups -OCH3 is 1. The van der Waals surface area contributed by atoms with Gasteiger partial charge in [0.2, 0.25) is 0 Å². The summed E-state index contributed by atoms with van der Waals surface area (Å²) in [5, 5.41) is 8.88. The third-order valence-corrected chi connectivity index (χ3v) is 3.64. The van der Waals surface area contributed by atoms with Crippen molar-refractivity contribution in [3.63, 3.8) is 0 Å². The molecule has 0 aliphatic carbocycles. The lowest BCUT2D eigenvalue weighted by atomic mass is 10.0. The van der Waals surface area contributed by atoms with Gasteiger partial charge in [0.25, 0.3) is 0 Å². The molecule has 1 saturated heterocycles. The van der Waals surface area contributed by atoms with E-state index in [4.69, 9.17) is 10.00 Å². The fourth-order valence-electron chi connectivity index (χ4n) is 2.57. The van der Waals surface area contributed by atoms with Gasteiger partial charge in [-0.05, 0) is 37.6 Å². The largest absolute Gasteiger partial charge is 0.468 e. The fourth-order valence-corrected chi connectivity index (χ4v) is 2.57. The Morgan fingerprint density at radius 1 is 1.55 bits per heavy atom. The van der Waals surface area contributed by atoms with Crippen LogP contribution in [0.3, 0.4) is 0 Å². The maximum absolute atomic E-state index is 13.8. The summed E-state index contributed by atoms with van der Waals surface area (Å²) in [7, 11) is 1.37. The van der Waals surface area contributed by atoms with E-state index in [1.54, 1.807) is 0 Å². The number of likely N-dealkylation sites (tertiary alicyclic amines) is 1. The van der Waals surface area contributed by atoms with E-state index in [2.05, 4.69) is 0 Å². The molecule has 1 fully saturated rings. The van der Waals surface area contributed by atoms with Crippen molar-refractivity contribution >= 4 is 5.97 Å². The minimum Gasteiger partial charge on any atom is -0.468 e. The van der Waals surface area contributed by atoms with Gasteiger partial charge in [-0.25, -0.2) is 4.39 Å². The number of benzene rings is 1. The van der Waals surface area contributed by atoms with E-state index in [1.807, 2.05) is 11.0 Å². The molecule has 106 valence electrons. The van der Waals surface area contributed by atoms with Crippen LogP contribution in [0.5, 0.6) is 0 Å². The molecule has 0 N–H and O–H groups in total. The predicted molar refractivity (Wildman–Crippen MR) is 71.2 cm³/mol. The molecule has 1 aliphatic rings. The van der Waals surface area contributed by atoms with Crippen LogP contribution in [0.2, 0.25) is 0 Å². The molecule has 1 heterocycles. The first kappa shape index (κ1) is 14.5. The lowest BCUT2D eigenvalue weighted by molar-refractivity contribution is -0.148. The lowest BCUT2D eigenvalue weighted by Gasteiger charge is -2.33. The molecule has 1 atom stereocenters. The molecule has 2 rings (SSSR count). The highest BCUT2D eigenvalue weighted by Crippen LogP contribution is 2.22. The molecule has 20 heavy (non-hydrogen) atoms. The number of piperidine rings is 1. The van der Waals surface area contributed by atoms with E-state index in [9.17, 15) is 9.18 Å². The first-order chi connectivity index (χ1) is 9.65. The summed E-state index contributed by atoms with van der Waals surface area (Å²) in [6, 6.07) is 5.97. The zero-order chi connectivity index (χ0) is 14.5. The number of hydrogen-bond donors (Lipinski definition) is 0. The van der Waals surface area contributed by atoms with Crippen molar-refractivity contribution in [2.45, 2.75) is 31.8 Å². The average Bonchev–Trinajstić information content (AvgIpc) is 2.49. The van der Waals surface area contributed by atoms with E-state index in [1.165, 1.54) is 25.3 Å². The van der Waals surface area contributed by atoms with Crippen LogP contribution < -0.4 is 0 Å². The molecule has 0 aromatic heterocycles. The van der Waals surface area contributed by atoms with E-state index >= 15 is 0 Å². The Hall–Kier alpha value is -1.93. The van der Waals surface area contributed by atoms with Crippen molar-refractivity contribution in [1.82, 2.24) is 4.90 Å². The summed E-state index contributed by atoms with van der Waals surface area (Å²) in [6.07, 6.45) is 2.68. The molecule has 4 nitrogen and oxygen atoms in total. The van der Waals surface area contributed by atoms with Crippen LogP contribution in [0, 0.1) is 17.1 Å². The van der Waals surface area contributed by atoms with Crippen LogP contribution in [0.25, 0.3) is 0 Å². The van der Waals surface area contributed by atoms with Crippen molar-refractivity contribution in [1.29, 1.82) is 5.26 Å². The summed E-state index contributed by atoms with van der Waals surface area (Å²) in [4.78, 5) is 13.7. The molecule has 1 aliphatic heterocycles. The first-order valence-corrected chi connectivity index (χ1v) is 6.66. The zero-order valence-electron chi connectivity index (χ0n) is 11.4. The normalized spacial score (nSPS) is 19.4. The topological polar surface area (TPSA) is 53.3 Å². The second kappa shape index (κ2) is 6.49. The van der Waals surface area contributed by atoms with Crippen LogP contribution in [0.15, 0.2) is 18.2 Å². The molecule has 1 aromatic rings. The molecule has 0 spiro atoms. The molecular weight excluding hydrogens is 259 g/mol. The van der Waals surface area contributed by atoms with Crippen molar-refractivity contribution in [3.8, 4) is 6.07 Å².